The maximum absolute atomic E-state index is 13.4. The van der Waals surface area contributed by atoms with Gasteiger partial charge in [-0.1, -0.05) is 25.5 Å². The first-order chi connectivity index (χ1) is 18.7. The normalized spacial score (nSPS) is 20.5. The van der Waals surface area contributed by atoms with Gasteiger partial charge in [0, 0.05) is 39.9 Å². The van der Waals surface area contributed by atoms with Crippen LogP contribution in [0.4, 0.5) is 11.4 Å². The molecule has 3 unspecified atom stereocenters. The van der Waals surface area contributed by atoms with E-state index in [1.807, 2.05) is 6.92 Å². The molecule has 9 nitrogen and oxygen atoms in total. The fourth-order valence-corrected chi connectivity index (χ4v) is 6.01. The standard InChI is InChI=1S/C29H29BrN4O5/c1-4-8-17-11-22-27(24(35)12-17)26(20(15-31)16(3)32-22)18-13-21(30)28(25(14-18)39-5-2)33-29(36)19-9-6-7-10-23(19)34(37)38/h6-7,9-10,13-14,17,20,26H,4-5,8,11-12H2,1-3H3,(H,33,36). The van der Waals surface area contributed by atoms with E-state index in [1.54, 1.807) is 25.1 Å². The summed E-state index contributed by atoms with van der Waals surface area (Å²) >= 11 is 3.53. The third-order valence-electron chi connectivity index (χ3n) is 7.13. The van der Waals surface area contributed by atoms with Crippen LogP contribution in [0.15, 0.2) is 57.1 Å². The zero-order chi connectivity index (χ0) is 28.3. The highest BCUT2D eigenvalue weighted by Crippen LogP contribution is 2.47. The first-order valence-corrected chi connectivity index (χ1v) is 13.7. The van der Waals surface area contributed by atoms with Gasteiger partial charge in [-0.15, -0.1) is 0 Å². The van der Waals surface area contributed by atoms with Gasteiger partial charge in [0.05, 0.1) is 29.2 Å². The molecule has 0 bridgehead atoms. The maximum atomic E-state index is 13.4. The molecule has 2 aromatic rings. The lowest BCUT2D eigenvalue weighted by atomic mass is 9.70. The summed E-state index contributed by atoms with van der Waals surface area (Å²) in [6.07, 6.45) is 3.05. The number of nitro benzene ring substituents is 1. The number of rotatable bonds is 8. The number of amides is 1. The number of ether oxygens (including phenoxy) is 1. The van der Waals surface area contributed by atoms with Gasteiger partial charge in [-0.05, 0) is 72.3 Å². The molecule has 39 heavy (non-hydrogen) atoms. The largest absolute Gasteiger partial charge is 0.492 e. The SMILES string of the molecule is CCCC1CC(=O)C2=C(C1)N=C(C)C(C#N)C2c1cc(Br)c(NC(=O)c2ccccc2[N+](=O)[O-])c(OCC)c1. The fourth-order valence-electron chi connectivity index (χ4n) is 5.45. The highest BCUT2D eigenvalue weighted by Gasteiger charge is 2.41. The topological polar surface area (TPSA) is 135 Å². The summed E-state index contributed by atoms with van der Waals surface area (Å²) in [4.78, 5) is 42.1. The van der Waals surface area contributed by atoms with Gasteiger partial charge in [-0.25, -0.2) is 0 Å². The molecule has 2 aliphatic rings. The number of nitrogens with one attached hydrogen (secondary N) is 1. The number of allylic oxidation sites excluding steroid dienone is 2. The quantitative estimate of drug-likeness (QED) is 0.266. The molecule has 4 rings (SSSR count). The average Bonchev–Trinajstić information content (AvgIpc) is 2.89. The highest BCUT2D eigenvalue weighted by molar-refractivity contribution is 9.10. The Morgan fingerprint density at radius 1 is 1.28 bits per heavy atom. The molecule has 0 saturated carbocycles. The van der Waals surface area contributed by atoms with Gasteiger partial charge in [0.25, 0.3) is 11.6 Å². The lowest BCUT2D eigenvalue weighted by molar-refractivity contribution is -0.385. The molecule has 0 saturated heterocycles. The molecular formula is C29H29BrN4O5. The molecule has 1 heterocycles. The van der Waals surface area contributed by atoms with Crippen LogP contribution < -0.4 is 10.1 Å². The van der Waals surface area contributed by atoms with Crippen LogP contribution in [0, 0.1) is 33.3 Å². The molecule has 10 heteroatoms. The summed E-state index contributed by atoms with van der Waals surface area (Å²) in [6.45, 7) is 5.99. The van der Waals surface area contributed by atoms with Crippen molar-refractivity contribution >= 4 is 44.7 Å². The van der Waals surface area contributed by atoms with E-state index in [2.05, 4.69) is 34.2 Å². The maximum Gasteiger partial charge on any atom is 0.282 e. The second-order valence-electron chi connectivity index (χ2n) is 9.72. The van der Waals surface area contributed by atoms with E-state index in [0.29, 0.717) is 45.6 Å². The number of aliphatic imine (C=N–C) groups is 1. The van der Waals surface area contributed by atoms with Crippen molar-refractivity contribution < 1.29 is 19.2 Å². The predicted molar refractivity (Wildman–Crippen MR) is 151 cm³/mol. The van der Waals surface area contributed by atoms with Crippen LogP contribution in [0.3, 0.4) is 0 Å². The number of ketones is 1. The van der Waals surface area contributed by atoms with Crippen LogP contribution in [-0.4, -0.2) is 28.9 Å². The Kier molecular flexibility index (Phi) is 8.60. The highest BCUT2D eigenvalue weighted by atomic mass is 79.9. The average molecular weight is 593 g/mol. The minimum atomic E-state index is -0.665. The smallest absolute Gasteiger partial charge is 0.282 e. The van der Waals surface area contributed by atoms with Crippen LogP contribution in [0.25, 0.3) is 0 Å². The van der Waals surface area contributed by atoms with E-state index in [0.717, 1.165) is 18.5 Å². The summed E-state index contributed by atoms with van der Waals surface area (Å²) in [5.74, 6) is -1.26. The minimum Gasteiger partial charge on any atom is -0.492 e. The molecule has 1 N–H and O–H groups in total. The summed E-state index contributed by atoms with van der Waals surface area (Å²) < 4.78 is 6.34. The van der Waals surface area contributed by atoms with Gasteiger partial charge in [0.15, 0.2) is 5.78 Å². The third kappa shape index (κ3) is 5.64. The number of halogens is 1. The molecule has 0 aromatic heterocycles. The molecule has 1 aliphatic carbocycles. The number of para-hydroxylation sites is 1. The van der Waals surface area contributed by atoms with Crippen molar-refractivity contribution in [2.75, 3.05) is 11.9 Å². The van der Waals surface area contributed by atoms with Gasteiger partial charge < -0.3 is 10.1 Å². The van der Waals surface area contributed by atoms with Crippen molar-refractivity contribution in [1.82, 2.24) is 0 Å². The number of Topliss-reactive ketones (excluding diaryl/α,β-unsaturated/α-hetero) is 1. The third-order valence-corrected chi connectivity index (χ3v) is 7.75. The van der Waals surface area contributed by atoms with Gasteiger partial charge in [-0.2, -0.15) is 5.26 Å². The van der Waals surface area contributed by atoms with E-state index < -0.39 is 22.7 Å². The van der Waals surface area contributed by atoms with Crippen molar-refractivity contribution in [1.29, 1.82) is 5.26 Å². The summed E-state index contributed by atoms with van der Waals surface area (Å²) in [6, 6.07) is 11.5. The van der Waals surface area contributed by atoms with Crippen LogP contribution in [-0.2, 0) is 4.79 Å². The van der Waals surface area contributed by atoms with Crippen molar-refractivity contribution in [3.63, 3.8) is 0 Å². The number of carbonyl (C=O) groups is 2. The Morgan fingerprint density at radius 3 is 2.69 bits per heavy atom. The van der Waals surface area contributed by atoms with Gasteiger partial charge in [-0.3, -0.25) is 24.7 Å². The molecule has 202 valence electrons. The molecule has 0 spiro atoms. The molecule has 1 aliphatic heterocycles. The number of nitrogens with zero attached hydrogens (tertiary/aromatic N) is 3. The summed E-state index contributed by atoms with van der Waals surface area (Å²) in [7, 11) is 0. The van der Waals surface area contributed by atoms with E-state index in [4.69, 9.17) is 9.73 Å². The Balaban J connectivity index is 1.78. The first kappa shape index (κ1) is 28.2. The number of nitro groups is 1. The van der Waals surface area contributed by atoms with Crippen LogP contribution in [0.2, 0.25) is 0 Å². The summed E-state index contributed by atoms with van der Waals surface area (Å²) in [5.41, 5.74) is 2.57. The Morgan fingerprint density at radius 2 is 2.03 bits per heavy atom. The number of carbonyl (C=O) groups excluding carboxylic acids is 2. The Labute approximate surface area is 235 Å². The second-order valence-corrected chi connectivity index (χ2v) is 10.6. The second kappa shape index (κ2) is 11.9. The van der Waals surface area contributed by atoms with E-state index >= 15 is 0 Å². The van der Waals surface area contributed by atoms with Crippen molar-refractivity contribution in [2.45, 2.75) is 52.4 Å². The van der Waals surface area contributed by atoms with Gasteiger partial charge >= 0.3 is 0 Å². The number of anilines is 1. The molecular weight excluding hydrogens is 564 g/mol. The monoisotopic (exact) mass is 592 g/mol. The Hall–Kier alpha value is -3.84. The predicted octanol–water partition coefficient (Wildman–Crippen LogP) is 6.74. The minimum absolute atomic E-state index is 0.0130. The molecule has 3 atom stereocenters. The number of hydrogen-bond donors (Lipinski definition) is 1. The molecule has 0 radical (unpaired) electrons. The molecule has 1 amide bonds. The van der Waals surface area contributed by atoms with Crippen molar-refractivity contribution in [2.24, 2.45) is 16.8 Å². The van der Waals surface area contributed by atoms with Crippen LogP contribution >= 0.6 is 15.9 Å². The zero-order valence-corrected chi connectivity index (χ0v) is 23.6. The Bertz CT molecular complexity index is 1440. The lowest BCUT2D eigenvalue weighted by Gasteiger charge is -2.35. The number of nitriles is 1. The van der Waals surface area contributed by atoms with Gasteiger partial charge in [0.1, 0.15) is 11.3 Å². The van der Waals surface area contributed by atoms with E-state index in [1.165, 1.54) is 18.2 Å². The van der Waals surface area contributed by atoms with Gasteiger partial charge in [0.2, 0.25) is 0 Å². The molecule has 2 aromatic carbocycles. The van der Waals surface area contributed by atoms with E-state index in [-0.39, 0.29) is 29.6 Å². The van der Waals surface area contributed by atoms with Crippen LogP contribution in [0.5, 0.6) is 5.75 Å². The number of hydrogen-bond acceptors (Lipinski definition) is 7. The van der Waals surface area contributed by atoms with E-state index in [9.17, 15) is 25.0 Å². The number of benzene rings is 2. The van der Waals surface area contributed by atoms with Crippen molar-refractivity contribution in [3.8, 4) is 11.8 Å². The zero-order valence-electron chi connectivity index (χ0n) is 22.0. The fraction of sp³-hybridized carbons (Fsp3) is 0.379. The first-order valence-electron chi connectivity index (χ1n) is 12.9. The summed E-state index contributed by atoms with van der Waals surface area (Å²) in [5, 5.41) is 24.3. The van der Waals surface area contributed by atoms with Crippen molar-refractivity contribution in [3.05, 3.63) is 73.4 Å². The molecule has 0 fully saturated rings. The lowest BCUT2D eigenvalue weighted by Crippen LogP contribution is -2.32. The van der Waals surface area contributed by atoms with Crippen LogP contribution in [0.1, 0.15) is 68.3 Å².